The summed E-state index contributed by atoms with van der Waals surface area (Å²) in [6, 6.07) is 1.55. The fourth-order valence-electron chi connectivity index (χ4n) is 1.97. The van der Waals surface area contributed by atoms with Gasteiger partial charge >= 0.3 is 0 Å². The zero-order valence-corrected chi connectivity index (χ0v) is 13.1. The molecule has 5 nitrogen and oxygen atoms in total. The molecule has 8 heteroatoms. The molecule has 1 amide bonds. The Kier molecular flexibility index (Phi) is 4.47. The van der Waals surface area contributed by atoms with Crippen molar-refractivity contribution in [1.29, 1.82) is 0 Å². The maximum absolute atomic E-state index is 11.9. The van der Waals surface area contributed by atoms with Crippen LogP contribution in [0, 0.1) is 0 Å². The van der Waals surface area contributed by atoms with E-state index in [1.54, 1.807) is 6.07 Å². The van der Waals surface area contributed by atoms with E-state index >= 15 is 0 Å². The van der Waals surface area contributed by atoms with Crippen molar-refractivity contribution in [3.05, 3.63) is 27.5 Å². The Morgan fingerprint density at radius 1 is 1.58 bits per heavy atom. The van der Waals surface area contributed by atoms with Gasteiger partial charge in [-0.3, -0.25) is 4.79 Å². The summed E-state index contributed by atoms with van der Waals surface area (Å²) in [5.74, 6) is -0.215. The van der Waals surface area contributed by atoms with E-state index in [0.29, 0.717) is 17.3 Å². The van der Waals surface area contributed by atoms with E-state index in [1.807, 2.05) is 0 Å². The van der Waals surface area contributed by atoms with Crippen LogP contribution in [0.2, 0.25) is 5.15 Å². The van der Waals surface area contributed by atoms with Gasteiger partial charge < -0.3 is 5.32 Å². The monoisotopic (exact) mass is 366 g/mol. The summed E-state index contributed by atoms with van der Waals surface area (Å²) in [7, 11) is -3.06. The summed E-state index contributed by atoms with van der Waals surface area (Å²) in [4.78, 5) is 15.8. The van der Waals surface area contributed by atoms with E-state index in [0.717, 1.165) is 0 Å². The Bertz CT molecular complexity index is 606. The van der Waals surface area contributed by atoms with E-state index in [-0.39, 0.29) is 23.0 Å². The highest BCUT2D eigenvalue weighted by Crippen LogP contribution is 2.20. The lowest BCUT2D eigenvalue weighted by atomic mass is 10.2. The van der Waals surface area contributed by atoms with Gasteiger partial charge in [0.1, 0.15) is 5.15 Å². The Morgan fingerprint density at radius 3 is 2.95 bits per heavy atom. The lowest BCUT2D eigenvalue weighted by Crippen LogP contribution is -2.34. The van der Waals surface area contributed by atoms with Gasteiger partial charge in [0.05, 0.1) is 16.6 Å². The number of amides is 1. The second-order valence-electron chi connectivity index (χ2n) is 4.33. The maximum Gasteiger partial charge on any atom is 0.254 e. The molecule has 19 heavy (non-hydrogen) atoms. The Morgan fingerprint density at radius 2 is 2.32 bits per heavy atom. The minimum absolute atomic E-state index is 0.0926. The third-order valence-corrected chi connectivity index (χ3v) is 6.01. The molecule has 104 valence electrons. The molecule has 0 aromatic carbocycles. The van der Waals surface area contributed by atoms with Crippen LogP contribution in [0.25, 0.3) is 0 Å². The predicted octanol–water partition coefficient (Wildman–Crippen LogP) is 1.80. The SMILES string of the molecule is O=C(NCC1CCCS1(=O)=O)c1cc(Br)cnc1Cl. The first-order valence-corrected chi connectivity index (χ1v) is 8.59. The highest BCUT2D eigenvalue weighted by Gasteiger charge is 2.31. The molecule has 1 aliphatic rings. The van der Waals surface area contributed by atoms with Gasteiger partial charge in [0.15, 0.2) is 9.84 Å². The summed E-state index contributed by atoms with van der Waals surface area (Å²) in [6.45, 7) is 0.115. The average Bonchev–Trinajstić information content (AvgIpc) is 2.68. The van der Waals surface area contributed by atoms with Gasteiger partial charge in [0.2, 0.25) is 0 Å². The summed E-state index contributed by atoms with van der Waals surface area (Å²) >= 11 is 9.03. The Labute approximate surface area is 124 Å². The molecule has 0 bridgehead atoms. The van der Waals surface area contributed by atoms with Crippen LogP contribution >= 0.6 is 27.5 Å². The Hall–Kier alpha value is -0.660. The summed E-state index contributed by atoms with van der Waals surface area (Å²) in [5.41, 5.74) is 0.228. The number of halogens is 2. The molecular weight excluding hydrogens is 356 g/mol. The summed E-state index contributed by atoms with van der Waals surface area (Å²) in [6.07, 6.45) is 2.73. The van der Waals surface area contributed by atoms with Crippen molar-refractivity contribution in [1.82, 2.24) is 10.3 Å². The number of carbonyl (C=O) groups is 1. The fraction of sp³-hybridized carbons (Fsp3) is 0.455. The fourth-order valence-corrected chi connectivity index (χ4v) is 4.26. The van der Waals surface area contributed by atoms with Gasteiger partial charge in [0.25, 0.3) is 5.91 Å². The van der Waals surface area contributed by atoms with Crippen LogP contribution in [0.4, 0.5) is 0 Å². The molecule has 2 heterocycles. The first-order valence-electron chi connectivity index (χ1n) is 5.71. The highest BCUT2D eigenvalue weighted by molar-refractivity contribution is 9.10. The molecule has 1 aromatic rings. The standard InChI is InChI=1S/C11H12BrClN2O3S/c12-7-4-9(10(13)14-5-7)11(16)15-6-8-2-1-3-19(8,17)18/h4-5,8H,1-3,6H2,(H,15,16). The van der Waals surface area contributed by atoms with Gasteiger partial charge in [-0.1, -0.05) is 11.6 Å². The number of pyridine rings is 1. The number of sulfone groups is 1. The average molecular weight is 368 g/mol. The minimum Gasteiger partial charge on any atom is -0.351 e. The van der Waals surface area contributed by atoms with Crippen molar-refractivity contribution in [3.8, 4) is 0 Å². The van der Waals surface area contributed by atoms with E-state index < -0.39 is 21.0 Å². The van der Waals surface area contributed by atoms with Gasteiger partial charge in [-0.05, 0) is 34.8 Å². The van der Waals surface area contributed by atoms with Crippen LogP contribution in [0.15, 0.2) is 16.7 Å². The largest absolute Gasteiger partial charge is 0.351 e. The van der Waals surface area contributed by atoms with Gasteiger partial charge in [0, 0.05) is 17.2 Å². The van der Waals surface area contributed by atoms with Crippen molar-refractivity contribution in [2.24, 2.45) is 0 Å². The molecule has 1 aliphatic heterocycles. The number of rotatable bonds is 3. The molecule has 0 spiro atoms. The zero-order valence-electron chi connectivity index (χ0n) is 9.90. The minimum atomic E-state index is -3.06. The lowest BCUT2D eigenvalue weighted by molar-refractivity contribution is 0.0953. The molecule has 1 atom stereocenters. The lowest BCUT2D eigenvalue weighted by Gasteiger charge is -2.11. The van der Waals surface area contributed by atoms with Crippen LogP contribution in [-0.2, 0) is 9.84 Å². The first kappa shape index (κ1) is 14.7. The van der Waals surface area contributed by atoms with E-state index in [4.69, 9.17) is 11.6 Å². The van der Waals surface area contributed by atoms with Crippen molar-refractivity contribution in [2.75, 3.05) is 12.3 Å². The second-order valence-corrected chi connectivity index (χ2v) is 8.01. The van der Waals surface area contributed by atoms with E-state index in [2.05, 4.69) is 26.2 Å². The van der Waals surface area contributed by atoms with Crippen LogP contribution < -0.4 is 5.32 Å². The molecule has 1 saturated heterocycles. The Balaban J connectivity index is 2.04. The van der Waals surface area contributed by atoms with E-state index in [9.17, 15) is 13.2 Å². The smallest absolute Gasteiger partial charge is 0.254 e. The molecule has 1 N–H and O–H groups in total. The quantitative estimate of drug-likeness (QED) is 0.827. The van der Waals surface area contributed by atoms with Crippen LogP contribution in [0.3, 0.4) is 0 Å². The van der Waals surface area contributed by atoms with Gasteiger partial charge in [-0.2, -0.15) is 0 Å². The van der Waals surface area contributed by atoms with Crippen LogP contribution in [0.5, 0.6) is 0 Å². The molecule has 2 rings (SSSR count). The van der Waals surface area contributed by atoms with Crippen molar-refractivity contribution in [3.63, 3.8) is 0 Å². The number of carbonyl (C=O) groups excluding carboxylic acids is 1. The zero-order chi connectivity index (χ0) is 14.0. The van der Waals surface area contributed by atoms with Crippen LogP contribution in [0.1, 0.15) is 23.2 Å². The second kappa shape index (κ2) is 5.76. The summed E-state index contributed by atoms with van der Waals surface area (Å²) in [5, 5.41) is 2.20. The molecule has 1 aromatic heterocycles. The number of nitrogens with one attached hydrogen (secondary N) is 1. The van der Waals surface area contributed by atoms with Crippen LogP contribution in [-0.4, -0.2) is 36.9 Å². The number of hydrogen-bond acceptors (Lipinski definition) is 4. The normalized spacial score (nSPS) is 21.3. The predicted molar refractivity (Wildman–Crippen MR) is 76.1 cm³/mol. The topological polar surface area (TPSA) is 76.1 Å². The number of nitrogens with zero attached hydrogens (tertiary/aromatic N) is 1. The third-order valence-electron chi connectivity index (χ3n) is 3.00. The molecule has 0 radical (unpaired) electrons. The summed E-state index contributed by atoms with van der Waals surface area (Å²) < 4.78 is 23.9. The van der Waals surface area contributed by atoms with Crippen molar-refractivity contribution < 1.29 is 13.2 Å². The molecule has 1 fully saturated rings. The number of aromatic nitrogens is 1. The van der Waals surface area contributed by atoms with Crippen molar-refractivity contribution >= 4 is 43.3 Å². The van der Waals surface area contributed by atoms with Crippen molar-refractivity contribution in [2.45, 2.75) is 18.1 Å². The number of hydrogen-bond donors (Lipinski definition) is 1. The third kappa shape index (κ3) is 3.46. The molecular formula is C11H12BrClN2O3S. The highest BCUT2D eigenvalue weighted by atomic mass is 79.9. The maximum atomic E-state index is 11.9. The van der Waals surface area contributed by atoms with E-state index in [1.165, 1.54) is 6.20 Å². The first-order chi connectivity index (χ1) is 8.90. The molecule has 0 saturated carbocycles. The van der Waals surface area contributed by atoms with Gasteiger partial charge in [-0.15, -0.1) is 0 Å². The van der Waals surface area contributed by atoms with Gasteiger partial charge in [-0.25, -0.2) is 13.4 Å². The molecule has 0 aliphatic carbocycles. The molecule has 1 unspecified atom stereocenters.